The standard InChI is InChI=1S/C10H13N3O5/c1-5(9(16)17)13(2)8(15)4-6-3-7(14)12-10(18)11-6/h3,5H,4H2,1-2H3,(H,16,17)(H2,11,12,14,18). The SMILES string of the molecule is CC(C(=O)O)N(C)C(=O)Cc1cc(=O)[nH]c(=O)[nH]1. The Kier molecular flexibility index (Phi) is 4.03. The van der Waals surface area contributed by atoms with E-state index in [1.54, 1.807) is 0 Å². The summed E-state index contributed by atoms with van der Waals surface area (Å²) in [7, 11) is 1.34. The highest BCUT2D eigenvalue weighted by Crippen LogP contribution is 2.00. The molecule has 18 heavy (non-hydrogen) atoms. The molecule has 0 saturated carbocycles. The summed E-state index contributed by atoms with van der Waals surface area (Å²) < 4.78 is 0. The van der Waals surface area contributed by atoms with E-state index in [1.165, 1.54) is 14.0 Å². The van der Waals surface area contributed by atoms with Crippen LogP contribution in [0.25, 0.3) is 0 Å². The summed E-state index contributed by atoms with van der Waals surface area (Å²) in [6.45, 7) is 1.36. The van der Waals surface area contributed by atoms with Gasteiger partial charge in [-0.3, -0.25) is 14.6 Å². The van der Waals surface area contributed by atoms with Crippen LogP contribution < -0.4 is 11.2 Å². The van der Waals surface area contributed by atoms with Crippen molar-refractivity contribution in [3.8, 4) is 0 Å². The van der Waals surface area contributed by atoms with Gasteiger partial charge in [-0.15, -0.1) is 0 Å². The van der Waals surface area contributed by atoms with Gasteiger partial charge in [-0.05, 0) is 6.92 Å². The topological polar surface area (TPSA) is 123 Å². The van der Waals surface area contributed by atoms with E-state index in [-0.39, 0.29) is 12.1 Å². The number of nitrogens with one attached hydrogen (secondary N) is 2. The Labute approximate surface area is 101 Å². The van der Waals surface area contributed by atoms with Crippen LogP contribution in [0.5, 0.6) is 0 Å². The number of amides is 1. The van der Waals surface area contributed by atoms with Crippen molar-refractivity contribution in [2.75, 3.05) is 7.05 Å². The smallest absolute Gasteiger partial charge is 0.326 e. The molecule has 1 aromatic heterocycles. The molecule has 0 aliphatic rings. The molecule has 1 rings (SSSR count). The third-order valence-electron chi connectivity index (χ3n) is 2.49. The van der Waals surface area contributed by atoms with Crippen LogP contribution in [-0.4, -0.2) is 44.9 Å². The van der Waals surface area contributed by atoms with Crippen LogP contribution in [-0.2, 0) is 16.0 Å². The Balaban J connectivity index is 2.84. The van der Waals surface area contributed by atoms with Gasteiger partial charge in [0.05, 0.1) is 6.42 Å². The number of aliphatic carboxylic acids is 1. The molecule has 1 atom stereocenters. The summed E-state index contributed by atoms with van der Waals surface area (Å²) in [5.41, 5.74) is -1.19. The fourth-order valence-corrected chi connectivity index (χ4v) is 1.28. The minimum absolute atomic E-state index is 0.137. The molecule has 1 heterocycles. The first kappa shape index (κ1) is 13.7. The van der Waals surface area contributed by atoms with Crippen LogP contribution in [0.3, 0.4) is 0 Å². The molecule has 0 aliphatic heterocycles. The molecule has 0 radical (unpaired) electrons. The minimum Gasteiger partial charge on any atom is -0.480 e. The van der Waals surface area contributed by atoms with Gasteiger partial charge in [0.2, 0.25) is 5.91 Å². The van der Waals surface area contributed by atoms with Gasteiger partial charge in [-0.25, -0.2) is 9.59 Å². The number of carbonyl (C=O) groups excluding carboxylic acids is 1. The number of H-pyrrole nitrogens is 2. The van der Waals surface area contributed by atoms with Crippen molar-refractivity contribution in [1.82, 2.24) is 14.9 Å². The van der Waals surface area contributed by atoms with Crippen molar-refractivity contribution < 1.29 is 14.7 Å². The van der Waals surface area contributed by atoms with Crippen LogP contribution in [0, 0.1) is 0 Å². The largest absolute Gasteiger partial charge is 0.480 e. The number of carboxylic acids is 1. The summed E-state index contributed by atoms with van der Waals surface area (Å²) in [4.78, 5) is 49.7. The lowest BCUT2D eigenvalue weighted by molar-refractivity contribution is -0.148. The number of hydrogen-bond donors (Lipinski definition) is 3. The van der Waals surface area contributed by atoms with E-state index in [0.29, 0.717) is 0 Å². The fourth-order valence-electron chi connectivity index (χ4n) is 1.28. The van der Waals surface area contributed by atoms with Crippen molar-refractivity contribution in [2.24, 2.45) is 0 Å². The van der Waals surface area contributed by atoms with Crippen LogP contribution in [0.15, 0.2) is 15.7 Å². The van der Waals surface area contributed by atoms with E-state index in [2.05, 4.69) is 4.98 Å². The van der Waals surface area contributed by atoms with E-state index in [1.807, 2.05) is 4.98 Å². The van der Waals surface area contributed by atoms with Gasteiger partial charge in [0.25, 0.3) is 5.56 Å². The zero-order valence-corrected chi connectivity index (χ0v) is 9.89. The highest BCUT2D eigenvalue weighted by molar-refractivity contribution is 5.84. The second kappa shape index (κ2) is 5.30. The van der Waals surface area contributed by atoms with Crippen LogP contribution in [0.2, 0.25) is 0 Å². The third kappa shape index (κ3) is 3.30. The van der Waals surface area contributed by atoms with Crippen molar-refractivity contribution in [3.05, 3.63) is 32.6 Å². The van der Waals surface area contributed by atoms with Crippen molar-refractivity contribution in [3.63, 3.8) is 0 Å². The van der Waals surface area contributed by atoms with Gasteiger partial charge in [0.15, 0.2) is 0 Å². The molecule has 1 aromatic rings. The average Bonchev–Trinajstić information content (AvgIpc) is 2.25. The van der Waals surface area contributed by atoms with E-state index in [4.69, 9.17) is 5.11 Å². The number of rotatable bonds is 4. The Morgan fingerprint density at radius 1 is 1.39 bits per heavy atom. The molecule has 1 amide bonds. The fraction of sp³-hybridized carbons (Fsp3) is 0.400. The molecule has 0 fully saturated rings. The number of hydrogen-bond acceptors (Lipinski definition) is 4. The first-order valence-electron chi connectivity index (χ1n) is 5.12. The highest BCUT2D eigenvalue weighted by Gasteiger charge is 2.21. The number of carbonyl (C=O) groups is 2. The molecule has 0 aromatic carbocycles. The van der Waals surface area contributed by atoms with Crippen LogP contribution in [0.4, 0.5) is 0 Å². The molecule has 98 valence electrons. The van der Waals surface area contributed by atoms with E-state index >= 15 is 0 Å². The van der Waals surface area contributed by atoms with E-state index in [0.717, 1.165) is 11.0 Å². The lowest BCUT2D eigenvalue weighted by Crippen LogP contribution is -2.41. The van der Waals surface area contributed by atoms with Crippen LogP contribution >= 0.6 is 0 Å². The molecule has 3 N–H and O–H groups in total. The number of nitrogens with zero attached hydrogens (tertiary/aromatic N) is 1. The normalized spacial score (nSPS) is 11.9. The van der Waals surface area contributed by atoms with Gasteiger partial charge >= 0.3 is 11.7 Å². The molecular weight excluding hydrogens is 242 g/mol. The number of aromatic nitrogens is 2. The monoisotopic (exact) mass is 255 g/mol. The molecule has 8 nitrogen and oxygen atoms in total. The molecule has 8 heteroatoms. The predicted octanol–water partition coefficient (Wildman–Crippen LogP) is -1.46. The second-order valence-corrected chi connectivity index (χ2v) is 3.81. The highest BCUT2D eigenvalue weighted by atomic mass is 16.4. The molecule has 0 spiro atoms. The van der Waals surface area contributed by atoms with Crippen molar-refractivity contribution in [2.45, 2.75) is 19.4 Å². The summed E-state index contributed by atoms with van der Waals surface area (Å²) in [6, 6.07) is 0.102. The lowest BCUT2D eigenvalue weighted by Gasteiger charge is -2.21. The maximum Gasteiger partial charge on any atom is 0.326 e. The summed E-state index contributed by atoms with van der Waals surface area (Å²) in [5.74, 6) is -1.64. The molecule has 0 saturated heterocycles. The maximum atomic E-state index is 11.7. The minimum atomic E-state index is -1.13. The van der Waals surface area contributed by atoms with Gasteiger partial charge in [-0.1, -0.05) is 0 Å². The molecular formula is C10H13N3O5. The maximum absolute atomic E-state index is 11.7. The van der Waals surface area contributed by atoms with Gasteiger partial charge < -0.3 is 15.0 Å². The van der Waals surface area contributed by atoms with Crippen molar-refractivity contribution >= 4 is 11.9 Å². The Morgan fingerprint density at radius 2 is 2.00 bits per heavy atom. The molecule has 0 bridgehead atoms. The number of carboxylic acid groups (broad SMARTS) is 1. The zero-order valence-electron chi connectivity index (χ0n) is 9.89. The summed E-state index contributed by atoms with van der Waals surface area (Å²) >= 11 is 0. The first-order valence-corrected chi connectivity index (χ1v) is 5.12. The lowest BCUT2D eigenvalue weighted by atomic mass is 10.2. The third-order valence-corrected chi connectivity index (χ3v) is 2.49. The number of likely N-dealkylation sites (N-methyl/N-ethyl adjacent to an activating group) is 1. The van der Waals surface area contributed by atoms with Gasteiger partial charge in [0, 0.05) is 18.8 Å². The van der Waals surface area contributed by atoms with Gasteiger partial charge in [0.1, 0.15) is 6.04 Å². The molecule has 1 unspecified atom stereocenters. The first-order chi connectivity index (χ1) is 8.31. The second-order valence-electron chi connectivity index (χ2n) is 3.81. The summed E-state index contributed by atoms with van der Waals surface area (Å²) in [6.07, 6.45) is -0.243. The number of aromatic amines is 2. The summed E-state index contributed by atoms with van der Waals surface area (Å²) in [5, 5.41) is 8.75. The van der Waals surface area contributed by atoms with Crippen molar-refractivity contribution in [1.29, 1.82) is 0 Å². The quantitative estimate of drug-likeness (QED) is 0.606. The van der Waals surface area contributed by atoms with E-state index < -0.39 is 29.2 Å². The average molecular weight is 255 g/mol. The predicted molar refractivity (Wildman–Crippen MR) is 61.3 cm³/mol. The Hall–Kier alpha value is -2.38. The van der Waals surface area contributed by atoms with Crippen LogP contribution in [0.1, 0.15) is 12.6 Å². The zero-order chi connectivity index (χ0) is 13.9. The Morgan fingerprint density at radius 3 is 2.50 bits per heavy atom. The van der Waals surface area contributed by atoms with E-state index in [9.17, 15) is 19.2 Å². The Bertz CT molecular complexity index is 545. The molecule has 0 aliphatic carbocycles. The van der Waals surface area contributed by atoms with Gasteiger partial charge in [-0.2, -0.15) is 0 Å².